The number of primary amides is 1. The first-order valence-electron chi connectivity index (χ1n) is 18.1. The van der Waals surface area contributed by atoms with Crippen LogP contribution in [0.15, 0.2) is 60.9 Å². The average molecular weight is 745 g/mol. The highest BCUT2D eigenvalue weighted by atomic mass is 16.2. The molecule has 0 fully saturated rings. The lowest BCUT2D eigenvalue weighted by Gasteiger charge is -2.17. The van der Waals surface area contributed by atoms with Gasteiger partial charge in [0.05, 0.1) is 12.4 Å². The third kappa shape index (κ3) is 12.8. The molecular formula is C42H44N6O7. The fraction of sp³-hybridized carbons (Fsp3) is 0.333. The normalized spacial score (nSPS) is 12.9. The zero-order chi connectivity index (χ0) is 40.2. The van der Waals surface area contributed by atoms with E-state index in [0.717, 1.165) is 49.7 Å². The van der Waals surface area contributed by atoms with Crippen molar-refractivity contribution in [1.29, 1.82) is 5.26 Å². The Balaban J connectivity index is 0.000000259. The number of nitrogens with two attached hydrogens (primary N) is 1. The monoisotopic (exact) mass is 744 g/mol. The second-order valence-electron chi connectivity index (χ2n) is 12.8. The molecule has 0 saturated carbocycles. The Morgan fingerprint density at radius 2 is 1.16 bits per heavy atom. The van der Waals surface area contributed by atoms with Gasteiger partial charge in [-0.1, -0.05) is 62.4 Å². The molecule has 1 amide bonds. The maximum atomic E-state index is 12.6. The van der Waals surface area contributed by atoms with Crippen LogP contribution in [-0.4, -0.2) is 49.7 Å². The van der Waals surface area contributed by atoms with Gasteiger partial charge in [-0.05, 0) is 109 Å². The number of nitrogens with zero attached hydrogens (tertiary/aromatic N) is 3. The van der Waals surface area contributed by atoms with Crippen molar-refractivity contribution in [3.63, 3.8) is 0 Å². The maximum absolute atomic E-state index is 12.6. The van der Waals surface area contributed by atoms with E-state index in [-0.39, 0.29) is 47.6 Å². The Morgan fingerprint density at radius 3 is 1.53 bits per heavy atom. The van der Waals surface area contributed by atoms with Gasteiger partial charge in [0.25, 0.3) is 5.91 Å². The van der Waals surface area contributed by atoms with Crippen LogP contribution in [0.25, 0.3) is 11.1 Å². The van der Waals surface area contributed by atoms with E-state index in [0.29, 0.717) is 12.1 Å². The second kappa shape index (κ2) is 22.5. The van der Waals surface area contributed by atoms with E-state index >= 15 is 0 Å². The summed E-state index contributed by atoms with van der Waals surface area (Å²) in [4.78, 5) is 82.2. The molecule has 2 aromatic heterocycles. The van der Waals surface area contributed by atoms with E-state index in [4.69, 9.17) is 30.2 Å². The molecule has 0 atom stereocenters. The van der Waals surface area contributed by atoms with Gasteiger partial charge in [-0.15, -0.1) is 0 Å². The molecule has 4 aromatic rings. The van der Waals surface area contributed by atoms with Crippen LogP contribution in [0.4, 0.5) is 0 Å². The number of carbonyl (C=O) groups is 3. The summed E-state index contributed by atoms with van der Waals surface area (Å²) in [5.74, 6) is -0.411. The Kier molecular flexibility index (Phi) is 17.5. The molecule has 6 rings (SSSR count). The number of rotatable bonds is 11. The molecule has 0 radical (unpaired) electrons. The molecule has 55 heavy (non-hydrogen) atoms. The molecule has 13 nitrogen and oxygen atoms in total. The number of aromatic nitrogens is 4. The van der Waals surface area contributed by atoms with Gasteiger partial charge in [0.15, 0.2) is 11.6 Å². The topological polar surface area (TPSA) is 227 Å². The number of aryl methyl sites for hydroxylation is 2. The fourth-order valence-electron chi connectivity index (χ4n) is 6.38. The van der Waals surface area contributed by atoms with E-state index in [1.165, 1.54) is 71.5 Å². The van der Waals surface area contributed by atoms with Crippen molar-refractivity contribution >= 4 is 40.9 Å². The number of hydrogen-bond acceptors (Lipinski definition) is 10. The van der Waals surface area contributed by atoms with Crippen LogP contribution in [-0.2, 0) is 44.9 Å². The number of nitrogens with one attached hydrogen (secondary N) is 2. The lowest BCUT2D eigenvalue weighted by molar-refractivity contribution is -0.193. The van der Waals surface area contributed by atoms with Crippen LogP contribution in [0, 0.1) is 11.3 Å². The average Bonchev–Trinajstić information content (AvgIpc) is 3.91. The third-order valence-electron chi connectivity index (χ3n) is 9.21. The number of amides is 1. The van der Waals surface area contributed by atoms with Crippen LogP contribution in [0.1, 0.15) is 136 Å². The number of nitriles is 1. The van der Waals surface area contributed by atoms with Crippen LogP contribution >= 0.6 is 0 Å². The zero-order valence-electron chi connectivity index (χ0n) is 31.0. The van der Waals surface area contributed by atoms with Crippen LogP contribution < -0.4 is 5.73 Å². The lowest BCUT2D eigenvalue weighted by Crippen LogP contribution is -2.12. The molecule has 0 unspecified atom stereocenters. The second-order valence-corrected chi connectivity index (χ2v) is 12.8. The smallest absolute Gasteiger partial charge is 0.364 e. The summed E-state index contributed by atoms with van der Waals surface area (Å²) < 4.78 is 0. The molecule has 2 aromatic carbocycles. The van der Waals surface area contributed by atoms with Crippen molar-refractivity contribution in [3.8, 4) is 6.07 Å². The van der Waals surface area contributed by atoms with Crippen molar-refractivity contribution in [3.05, 3.63) is 117 Å². The summed E-state index contributed by atoms with van der Waals surface area (Å²) in [5.41, 5.74) is 15.4. The number of H-pyrrole nitrogens is 2. The quantitative estimate of drug-likeness (QED) is 0.141. The van der Waals surface area contributed by atoms with Crippen molar-refractivity contribution in [2.45, 2.75) is 90.9 Å². The molecule has 2 aliphatic rings. The highest BCUT2D eigenvalue weighted by Crippen LogP contribution is 2.32. The predicted molar refractivity (Wildman–Crippen MR) is 201 cm³/mol. The number of ketones is 2. The molecule has 13 heteroatoms. The van der Waals surface area contributed by atoms with Crippen molar-refractivity contribution in [1.82, 2.24) is 19.9 Å². The highest BCUT2D eigenvalue weighted by molar-refractivity contribution is 5.97. The van der Waals surface area contributed by atoms with Crippen molar-refractivity contribution in [2.75, 3.05) is 0 Å². The molecule has 0 bridgehead atoms. The van der Waals surface area contributed by atoms with E-state index < -0.39 is 5.91 Å². The summed E-state index contributed by atoms with van der Waals surface area (Å²) >= 11 is 0. The fourth-order valence-corrected chi connectivity index (χ4v) is 6.38. The Labute approximate surface area is 319 Å². The number of Topliss-reactive ketones (excluding diaryl/α,β-unsaturated/α-hetero) is 2. The van der Waals surface area contributed by atoms with Gasteiger partial charge in [0.2, 0.25) is 11.6 Å². The Morgan fingerprint density at radius 1 is 0.709 bits per heavy atom. The van der Waals surface area contributed by atoms with Crippen molar-refractivity contribution in [2.24, 2.45) is 5.73 Å². The molecule has 0 saturated heterocycles. The minimum Gasteiger partial charge on any atom is -0.364 e. The lowest BCUT2D eigenvalue weighted by atomic mass is 9.88. The van der Waals surface area contributed by atoms with Gasteiger partial charge in [-0.3, -0.25) is 14.4 Å². The number of allylic oxidation sites excluding steroid dienone is 4. The first kappa shape index (κ1) is 42.8. The molecular weight excluding hydrogens is 700 g/mol. The number of hydrogen-bond donors (Lipinski definition) is 3. The maximum Gasteiger partial charge on any atom is 0.373 e. The Bertz CT molecular complexity index is 2130. The summed E-state index contributed by atoms with van der Waals surface area (Å²) in [6.45, 7) is 4.28. The molecule has 4 N–H and O–H groups in total. The van der Waals surface area contributed by atoms with Gasteiger partial charge in [-0.25, -0.2) is 9.97 Å². The van der Waals surface area contributed by atoms with Gasteiger partial charge in [0.1, 0.15) is 17.5 Å². The third-order valence-corrected chi connectivity index (χ3v) is 9.21. The van der Waals surface area contributed by atoms with Gasteiger partial charge >= 0.3 is 12.3 Å². The minimum atomic E-state index is -0.619. The first-order chi connectivity index (χ1) is 26.6. The van der Waals surface area contributed by atoms with Crippen LogP contribution in [0.2, 0.25) is 0 Å². The van der Waals surface area contributed by atoms with E-state index in [1.807, 2.05) is 12.1 Å². The van der Waals surface area contributed by atoms with E-state index in [9.17, 15) is 14.4 Å². The summed E-state index contributed by atoms with van der Waals surface area (Å²) in [6.07, 6.45) is 19.5. The van der Waals surface area contributed by atoms with Crippen molar-refractivity contribution < 1.29 is 33.6 Å². The van der Waals surface area contributed by atoms with E-state index in [2.05, 4.69) is 76.3 Å². The number of carbonyl (C=O) groups excluding carboxylic acids is 7. The molecule has 2 heterocycles. The van der Waals surface area contributed by atoms with Crippen LogP contribution in [0.3, 0.4) is 0 Å². The first-order valence-corrected chi connectivity index (χ1v) is 18.1. The molecule has 0 spiro atoms. The van der Waals surface area contributed by atoms with Gasteiger partial charge in [-0.2, -0.15) is 24.4 Å². The minimum absolute atomic E-state index is 0.0848. The predicted octanol–water partition coefficient (Wildman–Crippen LogP) is 6.51. The van der Waals surface area contributed by atoms with Gasteiger partial charge in [0, 0.05) is 12.8 Å². The largest absolute Gasteiger partial charge is 0.373 e. The summed E-state index contributed by atoms with van der Waals surface area (Å²) in [6, 6.07) is 14.7. The van der Waals surface area contributed by atoms with E-state index in [1.54, 1.807) is 0 Å². The zero-order valence-corrected chi connectivity index (χ0v) is 31.0. The number of imidazole rings is 2. The number of aromatic amines is 2. The van der Waals surface area contributed by atoms with Gasteiger partial charge < -0.3 is 15.7 Å². The highest BCUT2D eigenvalue weighted by Gasteiger charge is 2.19. The molecule has 0 aliphatic heterocycles. The molecule has 2 aliphatic carbocycles. The summed E-state index contributed by atoms with van der Waals surface area (Å²) in [5, 5.41) is 8.85. The molecule has 284 valence electrons. The number of benzene rings is 2. The Hall–Kier alpha value is -6.60. The van der Waals surface area contributed by atoms with Crippen LogP contribution in [0.5, 0.6) is 0 Å². The standard InChI is InChI=1S/C20H23N3O2.C20H21N3O.2CO2/c1-2-13-8-9-15(16(10-13)14-6-4-3-5-7-14)11-18(24)20-22-12-17(23-20)19(21)25;1-2-14-8-9-16(18(10-14)15-6-4-3-5-7-15)11-19(24)20-22-13-17(12-21)23-20;2*2-1-3/h6,8-10,12H,2-5,7,11H2,1H3,(H2,21,25)(H,22,23);6,8-10,13H,2-5,7,11H2,1H3,(H,22,23);;. The SMILES string of the molecule is CCc1ccc(CC(=O)c2ncc(C#N)[nH]2)c(C2=CCCCC2)c1.CCc1ccc(CC(=O)c2ncc(C(N)=O)[nH]2)c(C2=CCCCC2)c1.O=C=O.O=C=O. The summed E-state index contributed by atoms with van der Waals surface area (Å²) in [7, 11) is 0.